The van der Waals surface area contributed by atoms with Crippen molar-refractivity contribution < 1.29 is 4.74 Å². The number of ether oxygens (including phenoxy) is 1. The summed E-state index contributed by atoms with van der Waals surface area (Å²) in [5, 5.41) is 7.28. The second-order valence-electron chi connectivity index (χ2n) is 3.75. The Hall–Kier alpha value is -1.36. The number of aryl methyl sites for hydroxylation is 1. The van der Waals surface area contributed by atoms with E-state index < -0.39 is 0 Å². The molecule has 15 heavy (non-hydrogen) atoms. The second-order valence-corrected chi connectivity index (χ2v) is 3.75. The largest absolute Gasteiger partial charge is 0.480 e. The molecule has 2 rings (SSSR count). The molecule has 0 atom stereocenters. The summed E-state index contributed by atoms with van der Waals surface area (Å²) in [4.78, 5) is 11.4. The van der Waals surface area contributed by atoms with Gasteiger partial charge in [0.05, 0.1) is 7.11 Å². The first-order valence-electron chi connectivity index (χ1n) is 5.12. The summed E-state index contributed by atoms with van der Waals surface area (Å²) >= 11 is 0. The summed E-state index contributed by atoms with van der Waals surface area (Å²) in [6, 6.07) is 3.08. The third-order valence-electron chi connectivity index (χ3n) is 2.67. The summed E-state index contributed by atoms with van der Waals surface area (Å²) in [6.45, 7) is 2.78. The summed E-state index contributed by atoms with van der Waals surface area (Å²) in [5.74, 6) is 1.17. The molecule has 1 aromatic rings. The van der Waals surface area contributed by atoms with Gasteiger partial charge in [0.2, 0.25) is 5.88 Å². The predicted octanol–water partition coefficient (Wildman–Crippen LogP) is -0.139. The topological polar surface area (TPSA) is 56.1 Å². The summed E-state index contributed by atoms with van der Waals surface area (Å²) in [6.07, 6.45) is 0.993. The summed E-state index contributed by atoms with van der Waals surface area (Å²) < 4.78 is 6.44. The molecule has 0 aliphatic carbocycles. The van der Waals surface area contributed by atoms with E-state index in [0.29, 0.717) is 18.3 Å². The first-order valence-corrected chi connectivity index (χ1v) is 5.12. The van der Waals surface area contributed by atoms with Crippen molar-refractivity contribution in [1.82, 2.24) is 15.1 Å². The van der Waals surface area contributed by atoms with Crippen LogP contribution < -0.4 is 15.6 Å². The smallest absolute Gasteiger partial charge is 0.266 e. The SMILES string of the molecule is COc1ccc(=O)n(CCC2CNC2)n1. The van der Waals surface area contributed by atoms with Crippen molar-refractivity contribution >= 4 is 0 Å². The van der Waals surface area contributed by atoms with Gasteiger partial charge in [-0.25, -0.2) is 4.68 Å². The zero-order chi connectivity index (χ0) is 10.7. The van der Waals surface area contributed by atoms with Gasteiger partial charge in [-0.05, 0) is 25.4 Å². The fourth-order valence-electron chi connectivity index (χ4n) is 1.56. The minimum absolute atomic E-state index is 0.0666. The zero-order valence-corrected chi connectivity index (χ0v) is 8.77. The molecule has 5 nitrogen and oxygen atoms in total. The van der Waals surface area contributed by atoms with Crippen LogP contribution in [-0.2, 0) is 6.54 Å². The van der Waals surface area contributed by atoms with E-state index >= 15 is 0 Å². The van der Waals surface area contributed by atoms with Gasteiger partial charge in [-0.15, -0.1) is 5.10 Å². The van der Waals surface area contributed by atoms with Crippen LogP contribution >= 0.6 is 0 Å². The van der Waals surface area contributed by atoms with E-state index in [2.05, 4.69) is 10.4 Å². The Morgan fingerprint density at radius 2 is 2.40 bits per heavy atom. The van der Waals surface area contributed by atoms with E-state index in [1.54, 1.807) is 13.2 Å². The average Bonchev–Trinajstić information content (AvgIpc) is 2.18. The van der Waals surface area contributed by atoms with E-state index in [4.69, 9.17) is 4.74 Å². The van der Waals surface area contributed by atoms with Crippen LogP contribution in [0.5, 0.6) is 5.88 Å². The van der Waals surface area contributed by atoms with Gasteiger partial charge in [0.15, 0.2) is 0 Å². The van der Waals surface area contributed by atoms with E-state index in [0.717, 1.165) is 19.5 Å². The Balaban J connectivity index is 2.01. The maximum absolute atomic E-state index is 11.4. The van der Waals surface area contributed by atoms with Crippen molar-refractivity contribution in [2.75, 3.05) is 20.2 Å². The van der Waals surface area contributed by atoms with Crippen LogP contribution in [0.4, 0.5) is 0 Å². The lowest BCUT2D eigenvalue weighted by Gasteiger charge is -2.26. The molecular weight excluding hydrogens is 194 g/mol. The number of hydrogen-bond acceptors (Lipinski definition) is 4. The van der Waals surface area contributed by atoms with E-state index in [9.17, 15) is 4.79 Å². The molecule has 1 aliphatic heterocycles. The van der Waals surface area contributed by atoms with Crippen molar-refractivity contribution in [3.63, 3.8) is 0 Å². The highest BCUT2D eigenvalue weighted by Crippen LogP contribution is 2.09. The molecule has 5 heteroatoms. The van der Waals surface area contributed by atoms with E-state index in [1.165, 1.54) is 10.7 Å². The number of aromatic nitrogens is 2. The first kappa shape index (κ1) is 10.2. The Labute approximate surface area is 88.1 Å². The van der Waals surface area contributed by atoms with Crippen LogP contribution in [0.2, 0.25) is 0 Å². The molecule has 82 valence electrons. The molecule has 0 aromatic carbocycles. The lowest BCUT2D eigenvalue weighted by atomic mass is 10.00. The van der Waals surface area contributed by atoms with Gasteiger partial charge in [-0.2, -0.15) is 0 Å². The van der Waals surface area contributed by atoms with Crippen LogP contribution in [0.15, 0.2) is 16.9 Å². The quantitative estimate of drug-likeness (QED) is 0.750. The molecule has 0 unspecified atom stereocenters. The van der Waals surface area contributed by atoms with Crippen molar-refractivity contribution in [3.8, 4) is 5.88 Å². The molecule has 0 spiro atoms. The van der Waals surface area contributed by atoms with Gasteiger partial charge in [0, 0.05) is 18.7 Å². The monoisotopic (exact) mass is 209 g/mol. The standard InChI is InChI=1S/C10H15N3O2/c1-15-9-2-3-10(14)13(12-9)5-4-8-6-11-7-8/h2-3,8,11H,4-7H2,1H3. The highest BCUT2D eigenvalue weighted by Gasteiger charge is 2.16. The normalized spacial score (nSPS) is 16.1. The Morgan fingerprint density at radius 1 is 1.60 bits per heavy atom. The van der Waals surface area contributed by atoms with Crippen molar-refractivity contribution in [3.05, 3.63) is 22.5 Å². The van der Waals surface area contributed by atoms with Gasteiger partial charge >= 0.3 is 0 Å². The van der Waals surface area contributed by atoms with Gasteiger partial charge in [0.25, 0.3) is 5.56 Å². The van der Waals surface area contributed by atoms with Crippen LogP contribution in [-0.4, -0.2) is 30.0 Å². The van der Waals surface area contributed by atoms with Crippen molar-refractivity contribution in [2.45, 2.75) is 13.0 Å². The maximum Gasteiger partial charge on any atom is 0.266 e. The minimum atomic E-state index is -0.0666. The number of rotatable bonds is 4. The predicted molar refractivity (Wildman–Crippen MR) is 56.0 cm³/mol. The van der Waals surface area contributed by atoms with E-state index in [-0.39, 0.29) is 5.56 Å². The highest BCUT2D eigenvalue weighted by atomic mass is 16.5. The molecule has 1 aliphatic rings. The summed E-state index contributed by atoms with van der Waals surface area (Å²) in [5.41, 5.74) is -0.0666. The number of nitrogens with one attached hydrogen (secondary N) is 1. The lowest BCUT2D eigenvalue weighted by molar-refractivity contribution is 0.298. The van der Waals surface area contributed by atoms with Crippen molar-refractivity contribution in [1.29, 1.82) is 0 Å². The minimum Gasteiger partial charge on any atom is -0.480 e. The molecular formula is C10H15N3O2. The third kappa shape index (κ3) is 2.36. The molecule has 2 heterocycles. The van der Waals surface area contributed by atoms with Gasteiger partial charge in [-0.3, -0.25) is 4.79 Å². The zero-order valence-electron chi connectivity index (χ0n) is 8.77. The first-order chi connectivity index (χ1) is 7.29. The molecule has 0 bridgehead atoms. The molecule has 1 N–H and O–H groups in total. The van der Waals surface area contributed by atoms with Crippen LogP contribution in [0.1, 0.15) is 6.42 Å². The third-order valence-corrected chi connectivity index (χ3v) is 2.67. The van der Waals surface area contributed by atoms with Gasteiger partial charge in [-0.1, -0.05) is 0 Å². The average molecular weight is 209 g/mol. The number of hydrogen-bond donors (Lipinski definition) is 1. The molecule has 0 radical (unpaired) electrons. The maximum atomic E-state index is 11.4. The number of methoxy groups -OCH3 is 1. The van der Waals surface area contributed by atoms with Crippen LogP contribution in [0.3, 0.4) is 0 Å². The van der Waals surface area contributed by atoms with Gasteiger partial charge < -0.3 is 10.1 Å². The van der Waals surface area contributed by atoms with Crippen LogP contribution in [0.25, 0.3) is 0 Å². The highest BCUT2D eigenvalue weighted by molar-refractivity contribution is 5.05. The Bertz CT molecular complexity index is 384. The van der Waals surface area contributed by atoms with E-state index in [1.807, 2.05) is 0 Å². The molecule has 1 fully saturated rings. The van der Waals surface area contributed by atoms with Crippen molar-refractivity contribution in [2.24, 2.45) is 5.92 Å². The second kappa shape index (κ2) is 4.44. The Morgan fingerprint density at radius 3 is 3.00 bits per heavy atom. The molecule has 1 saturated heterocycles. The molecule has 1 aromatic heterocycles. The fraction of sp³-hybridized carbons (Fsp3) is 0.600. The Kier molecular flexibility index (Phi) is 3.01. The molecule has 0 saturated carbocycles. The van der Waals surface area contributed by atoms with Crippen LogP contribution in [0, 0.1) is 5.92 Å². The number of nitrogens with zero attached hydrogens (tertiary/aromatic N) is 2. The summed E-state index contributed by atoms with van der Waals surface area (Å²) in [7, 11) is 1.55. The fourth-order valence-corrected chi connectivity index (χ4v) is 1.56. The molecule has 0 amide bonds. The lowest BCUT2D eigenvalue weighted by Crippen LogP contribution is -2.42. The van der Waals surface area contributed by atoms with Gasteiger partial charge in [0.1, 0.15) is 0 Å².